The van der Waals surface area contributed by atoms with Crippen LogP contribution in [-0.4, -0.2) is 55.1 Å². The van der Waals surface area contributed by atoms with Crippen molar-refractivity contribution < 1.29 is 4.79 Å². The van der Waals surface area contributed by atoms with Gasteiger partial charge in [-0.15, -0.1) is 0 Å². The molecule has 2 heterocycles. The van der Waals surface area contributed by atoms with Gasteiger partial charge >= 0.3 is 6.03 Å². The van der Waals surface area contributed by atoms with Crippen LogP contribution >= 0.6 is 0 Å². The van der Waals surface area contributed by atoms with Gasteiger partial charge in [0.15, 0.2) is 0 Å². The maximum absolute atomic E-state index is 12.4. The molecule has 1 aromatic rings. The molecule has 2 saturated heterocycles. The third kappa shape index (κ3) is 4.12. The molecule has 0 saturated carbocycles. The molecular formula is C22H31N3O. The monoisotopic (exact) mass is 353 g/mol. The second kappa shape index (κ2) is 8.26. The van der Waals surface area contributed by atoms with Crippen molar-refractivity contribution in [2.24, 2.45) is 11.8 Å². The Morgan fingerprint density at radius 2 is 1.65 bits per heavy atom. The molecule has 2 atom stereocenters. The number of benzene rings is 1. The van der Waals surface area contributed by atoms with Gasteiger partial charge < -0.3 is 15.1 Å². The number of hydrogen-bond donors (Lipinski definition) is 1. The van der Waals surface area contributed by atoms with Gasteiger partial charge in [0.2, 0.25) is 0 Å². The van der Waals surface area contributed by atoms with Gasteiger partial charge in [0.05, 0.1) is 0 Å². The van der Waals surface area contributed by atoms with Gasteiger partial charge in [-0.2, -0.15) is 0 Å². The highest BCUT2D eigenvalue weighted by atomic mass is 16.2. The molecule has 0 unspecified atom stereocenters. The van der Waals surface area contributed by atoms with Crippen molar-refractivity contribution in [2.45, 2.75) is 31.6 Å². The molecule has 1 aliphatic carbocycles. The molecule has 0 radical (unpaired) electrons. The standard InChI is InChI=1S/C22H31N3O/c26-22(25-16-20-8-4-5-9-21(20)17-25)23-12-15-24-13-10-19(11-14-24)18-6-2-1-3-7-18/h1-7,19-21H,8-17H2,(H,23,26)/t20-,21+. The normalized spacial score (nSPS) is 26.7. The van der Waals surface area contributed by atoms with E-state index in [4.69, 9.17) is 0 Å². The molecule has 2 aliphatic heterocycles. The summed E-state index contributed by atoms with van der Waals surface area (Å²) >= 11 is 0. The number of carbonyl (C=O) groups is 1. The molecule has 2 amide bonds. The van der Waals surface area contributed by atoms with Gasteiger partial charge in [0.1, 0.15) is 0 Å². The maximum Gasteiger partial charge on any atom is 0.317 e. The summed E-state index contributed by atoms with van der Waals surface area (Å²) in [6, 6.07) is 11.0. The van der Waals surface area contributed by atoms with Gasteiger partial charge in [-0.1, -0.05) is 42.5 Å². The number of fused-ring (bicyclic) bond motifs is 1. The zero-order chi connectivity index (χ0) is 17.8. The summed E-state index contributed by atoms with van der Waals surface area (Å²) in [4.78, 5) is 17.0. The van der Waals surface area contributed by atoms with E-state index in [1.807, 2.05) is 4.90 Å². The zero-order valence-electron chi connectivity index (χ0n) is 15.6. The molecule has 0 spiro atoms. The van der Waals surface area contributed by atoms with Crippen LogP contribution in [0.1, 0.15) is 37.2 Å². The van der Waals surface area contributed by atoms with Crippen LogP contribution in [0.5, 0.6) is 0 Å². The Labute approximate surface area is 157 Å². The Hall–Kier alpha value is -1.81. The number of amides is 2. The third-order valence-corrected chi connectivity index (χ3v) is 6.47. The maximum atomic E-state index is 12.4. The number of rotatable bonds is 4. The lowest BCUT2D eigenvalue weighted by atomic mass is 9.86. The number of nitrogens with zero attached hydrogens (tertiary/aromatic N) is 2. The number of carbonyl (C=O) groups excluding carboxylic acids is 1. The average molecular weight is 354 g/mol. The number of piperidine rings is 1. The summed E-state index contributed by atoms with van der Waals surface area (Å²) in [5, 5.41) is 3.15. The van der Waals surface area contributed by atoms with Crippen LogP contribution in [-0.2, 0) is 0 Å². The minimum Gasteiger partial charge on any atom is -0.337 e. The molecule has 1 aromatic carbocycles. The van der Waals surface area contributed by atoms with Crippen LogP contribution in [0.3, 0.4) is 0 Å². The Morgan fingerprint density at radius 3 is 2.31 bits per heavy atom. The summed E-state index contributed by atoms with van der Waals surface area (Å²) in [5.41, 5.74) is 1.48. The molecule has 3 aliphatic rings. The summed E-state index contributed by atoms with van der Waals surface area (Å²) in [5.74, 6) is 2.06. The molecule has 1 N–H and O–H groups in total. The molecule has 4 rings (SSSR count). The highest BCUT2D eigenvalue weighted by molar-refractivity contribution is 5.74. The van der Waals surface area contributed by atoms with Crippen molar-refractivity contribution in [2.75, 3.05) is 39.3 Å². The summed E-state index contributed by atoms with van der Waals surface area (Å²) < 4.78 is 0. The molecule has 140 valence electrons. The number of hydrogen-bond acceptors (Lipinski definition) is 2. The van der Waals surface area contributed by atoms with Gasteiger partial charge in [-0.3, -0.25) is 0 Å². The first-order chi connectivity index (χ1) is 12.8. The molecule has 0 bridgehead atoms. The lowest BCUT2D eigenvalue weighted by molar-refractivity contribution is 0.194. The van der Waals surface area contributed by atoms with E-state index >= 15 is 0 Å². The Bertz CT molecular complexity index is 606. The highest BCUT2D eigenvalue weighted by Crippen LogP contribution is 2.32. The third-order valence-electron chi connectivity index (χ3n) is 6.47. The summed E-state index contributed by atoms with van der Waals surface area (Å²) in [7, 11) is 0. The van der Waals surface area contributed by atoms with E-state index in [0.717, 1.165) is 52.1 Å². The van der Waals surface area contributed by atoms with E-state index in [0.29, 0.717) is 17.8 Å². The van der Waals surface area contributed by atoms with Gasteiger partial charge in [0.25, 0.3) is 0 Å². The van der Waals surface area contributed by atoms with E-state index in [1.165, 1.54) is 18.4 Å². The van der Waals surface area contributed by atoms with Crippen molar-refractivity contribution in [3.8, 4) is 0 Å². The number of nitrogens with one attached hydrogen (secondary N) is 1. The van der Waals surface area contributed by atoms with Crippen LogP contribution in [0.2, 0.25) is 0 Å². The quantitative estimate of drug-likeness (QED) is 0.841. The van der Waals surface area contributed by atoms with E-state index in [2.05, 4.69) is 52.7 Å². The summed E-state index contributed by atoms with van der Waals surface area (Å²) in [6.07, 6.45) is 9.29. The smallest absolute Gasteiger partial charge is 0.317 e. The Kier molecular flexibility index (Phi) is 5.59. The largest absolute Gasteiger partial charge is 0.337 e. The molecule has 26 heavy (non-hydrogen) atoms. The Morgan fingerprint density at radius 1 is 1.00 bits per heavy atom. The van der Waals surface area contributed by atoms with Crippen molar-refractivity contribution in [3.63, 3.8) is 0 Å². The van der Waals surface area contributed by atoms with E-state index in [9.17, 15) is 4.79 Å². The fraction of sp³-hybridized carbons (Fsp3) is 0.591. The number of urea groups is 1. The second-order valence-corrected chi connectivity index (χ2v) is 8.13. The predicted octanol–water partition coefficient (Wildman–Crippen LogP) is 3.47. The zero-order valence-corrected chi connectivity index (χ0v) is 15.6. The van der Waals surface area contributed by atoms with Crippen LogP contribution in [0.15, 0.2) is 42.5 Å². The van der Waals surface area contributed by atoms with Gasteiger partial charge in [-0.25, -0.2) is 4.79 Å². The fourth-order valence-corrected chi connectivity index (χ4v) is 4.83. The molecular weight excluding hydrogens is 322 g/mol. The van der Waals surface area contributed by atoms with Gasteiger partial charge in [0, 0.05) is 26.2 Å². The molecule has 4 nitrogen and oxygen atoms in total. The second-order valence-electron chi connectivity index (χ2n) is 8.13. The molecule has 0 aromatic heterocycles. The van der Waals surface area contributed by atoms with Crippen molar-refractivity contribution in [1.82, 2.24) is 15.1 Å². The van der Waals surface area contributed by atoms with Crippen LogP contribution in [0.4, 0.5) is 4.79 Å². The van der Waals surface area contributed by atoms with Gasteiger partial charge in [-0.05, 0) is 62.1 Å². The first-order valence-corrected chi connectivity index (χ1v) is 10.2. The minimum atomic E-state index is 0.138. The lowest BCUT2D eigenvalue weighted by Crippen LogP contribution is -2.43. The average Bonchev–Trinajstić information content (AvgIpc) is 3.13. The van der Waals surface area contributed by atoms with E-state index < -0.39 is 0 Å². The SMILES string of the molecule is O=C(NCCN1CCC(c2ccccc2)CC1)N1C[C@H]2CC=CC[C@H]2C1. The molecule has 4 heteroatoms. The topological polar surface area (TPSA) is 35.6 Å². The fourth-order valence-electron chi connectivity index (χ4n) is 4.83. The van der Waals surface area contributed by atoms with Crippen molar-refractivity contribution in [1.29, 1.82) is 0 Å². The van der Waals surface area contributed by atoms with Crippen LogP contribution in [0, 0.1) is 11.8 Å². The predicted molar refractivity (Wildman–Crippen MR) is 105 cm³/mol. The van der Waals surface area contributed by atoms with Crippen molar-refractivity contribution >= 4 is 6.03 Å². The van der Waals surface area contributed by atoms with Crippen LogP contribution < -0.4 is 5.32 Å². The minimum absolute atomic E-state index is 0.138. The van der Waals surface area contributed by atoms with E-state index in [1.54, 1.807) is 0 Å². The molecule has 2 fully saturated rings. The number of allylic oxidation sites excluding steroid dienone is 2. The first kappa shape index (κ1) is 17.6. The Balaban J connectivity index is 1.15. The summed E-state index contributed by atoms with van der Waals surface area (Å²) in [6.45, 7) is 5.87. The van der Waals surface area contributed by atoms with E-state index in [-0.39, 0.29) is 6.03 Å². The highest BCUT2D eigenvalue weighted by Gasteiger charge is 2.34. The van der Waals surface area contributed by atoms with Crippen LogP contribution in [0.25, 0.3) is 0 Å². The lowest BCUT2D eigenvalue weighted by Gasteiger charge is -2.32. The van der Waals surface area contributed by atoms with Crippen molar-refractivity contribution in [3.05, 3.63) is 48.0 Å². The first-order valence-electron chi connectivity index (χ1n) is 10.2. The number of likely N-dealkylation sites (tertiary alicyclic amines) is 2.